The molecule has 5 heteroatoms. The molecule has 1 amide bonds. The van der Waals surface area contributed by atoms with Crippen LogP contribution in [-0.4, -0.2) is 47.1 Å². The Morgan fingerprint density at radius 3 is 2.67 bits per heavy atom. The normalized spacial score (nSPS) is 25.9. The summed E-state index contributed by atoms with van der Waals surface area (Å²) in [5.41, 5.74) is 0. The summed E-state index contributed by atoms with van der Waals surface area (Å²) in [6, 6.07) is -0.323. The van der Waals surface area contributed by atoms with Crippen molar-refractivity contribution >= 4 is 11.9 Å². The summed E-state index contributed by atoms with van der Waals surface area (Å²) in [4.78, 5) is 24.9. The molecule has 18 heavy (non-hydrogen) atoms. The van der Waals surface area contributed by atoms with Crippen LogP contribution in [-0.2, 0) is 9.59 Å². The number of nitrogens with one attached hydrogen (secondary N) is 1. The summed E-state index contributed by atoms with van der Waals surface area (Å²) in [7, 11) is 0. The van der Waals surface area contributed by atoms with Crippen LogP contribution in [0, 0.1) is 5.92 Å². The number of rotatable bonds is 6. The molecule has 0 saturated carbocycles. The van der Waals surface area contributed by atoms with Crippen LogP contribution < -0.4 is 5.32 Å². The van der Waals surface area contributed by atoms with Crippen LogP contribution in [0.4, 0.5) is 0 Å². The molecule has 104 valence electrons. The van der Waals surface area contributed by atoms with Crippen molar-refractivity contribution in [2.45, 2.75) is 52.1 Å². The number of aliphatic carboxylic acids is 1. The van der Waals surface area contributed by atoms with E-state index in [0.29, 0.717) is 19.5 Å². The van der Waals surface area contributed by atoms with Crippen LogP contribution >= 0.6 is 0 Å². The highest BCUT2D eigenvalue weighted by atomic mass is 16.4. The van der Waals surface area contributed by atoms with Gasteiger partial charge in [-0.3, -0.25) is 14.5 Å². The Labute approximate surface area is 109 Å². The lowest BCUT2D eigenvalue weighted by molar-refractivity contribution is -0.143. The summed E-state index contributed by atoms with van der Waals surface area (Å²) >= 11 is 0. The fourth-order valence-electron chi connectivity index (χ4n) is 2.53. The number of carboxylic acids is 1. The van der Waals surface area contributed by atoms with Gasteiger partial charge < -0.3 is 10.4 Å². The highest BCUT2D eigenvalue weighted by molar-refractivity contribution is 5.81. The predicted molar refractivity (Wildman–Crippen MR) is 69.3 cm³/mol. The maximum atomic E-state index is 11.9. The van der Waals surface area contributed by atoms with Crippen LogP contribution in [0.25, 0.3) is 0 Å². The van der Waals surface area contributed by atoms with E-state index in [-0.39, 0.29) is 23.9 Å². The first-order valence-corrected chi connectivity index (χ1v) is 6.75. The second kappa shape index (κ2) is 6.73. The van der Waals surface area contributed by atoms with Gasteiger partial charge in [0.2, 0.25) is 5.91 Å². The minimum absolute atomic E-state index is 0.00124. The van der Waals surface area contributed by atoms with Gasteiger partial charge in [-0.1, -0.05) is 13.3 Å². The Morgan fingerprint density at radius 1 is 1.50 bits per heavy atom. The van der Waals surface area contributed by atoms with E-state index in [1.807, 2.05) is 18.7 Å². The highest BCUT2D eigenvalue weighted by Gasteiger charge is 2.39. The second-order valence-electron chi connectivity index (χ2n) is 5.03. The standard InChI is InChI=1S/C13H24N2O3/c1-4-5-7-14-12(16)10(3)15-8-6-11(9(15)2)13(17)18/h9-11H,4-8H2,1-3H3,(H,14,16)(H,17,18). The van der Waals surface area contributed by atoms with E-state index in [9.17, 15) is 9.59 Å². The smallest absolute Gasteiger partial charge is 0.308 e. The van der Waals surface area contributed by atoms with Gasteiger partial charge in [0, 0.05) is 19.1 Å². The molecule has 1 fully saturated rings. The average Bonchev–Trinajstić information content (AvgIpc) is 2.70. The lowest BCUT2D eigenvalue weighted by Gasteiger charge is -2.28. The van der Waals surface area contributed by atoms with Crippen molar-refractivity contribution < 1.29 is 14.7 Å². The molecule has 0 bridgehead atoms. The lowest BCUT2D eigenvalue weighted by Crippen LogP contribution is -2.48. The van der Waals surface area contributed by atoms with E-state index < -0.39 is 5.97 Å². The van der Waals surface area contributed by atoms with Crippen molar-refractivity contribution in [3.8, 4) is 0 Å². The van der Waals surface area contributed by atoms with E-state index in [2.05, 4.69) is 12.2 Å². The number of hydrogen-bond acceptors (Lipinski definition) is 3. The third kappa shape index (κ3) is 3.45. The molecular weight excluding hydrogens is 232 g/mol. The fourth-order valence-corrected chi connectivity index (χ4v) is 2.53. The van der Waals surface area contributed by atoms with Crippen LogP contribution in [0.3, 0.4) is 0 Å². The van der Waals surface area contributed by atoms with Gasteiger partial charge in [-0.15, -0.1) is 0 Å². The molecule has 1 heterocycles. The minimum Gasteiger partial charge on any atom is -0.481 e. The minimum atomic E-state index is -0.761. The van der Waals surface area contributed by atoms with Crippen LogP contribution in [0.1, 0.15) is 40.0 Å². The molecule has 1 aliphatic heterocycles. The van der Waals surface area contributed by atoms with Gasteiger partial charge in [0.1, 0.15) is 0 Å². The third-order valence-corrected chi connectivity index (χ3v) is 3.83. The van der Waals surface area contributed by atoms with E-state index in [1.165, 1.54) is 0 Å². The Balaban J connectivity index is 2.49. The molecule has 0 aromatic heterocycles. The number of unbranched alkanes of at least 4 members (excludes halogenated alkanes) is 1. The molecule has 0 aromatic rings. The Morgan fingerprint density at radius 2 is 2.17 bits per heavy atom. The first-order valence-electron chi connectivity index (χ1n) is 6.75. The third-order valence-electron chi connectivity index (χ3n) is 3.83. The van der Waals surface area contributed by atoms with Gasteiger partial charge in [0.15, 0.2) is 0 Å². The zero-order chi connectivity index (χ0) is 13.7. The molecule has 0 aromatic carbocycles. The first kappa shape index (κ1) is 15.0. The number of nitrogens with zero attached hydrogens (tertiary/aromatic N) is 1. The number of carbonyl (C=O) groups excluding carboxylic acids is 1. The zero-order valence-corrected chi connectivity index (χ0v) is 11.5. The summed E-state index contributed by atoms with van der Waals surface area (Å²) < 4.78 is 0. The Bertz CT molecular complexity index is 307. The quantitative estimate of drug-likeness (QED) is 0.698. The molecule has 0 radical (unpaired) electrons. The fraction of sp³-hybridized carbons (Fsp3) is 0.846. The van der Waals surface area contributed by atoms with Gasteiger partial charge in [-0.25, -0.2) is 0 Å². The molecule has 0 aliphatic carbocycles. The molecule has 0 spiro atoms. The highest BCUT2D eigenvalue weighted by Crippen LogP contribution is 2.26. The first-order chi connectivity index (χ1) is 8.49. The number of carbonyl (C=O) groups is 2. The van der Waals surface area contributed by atoms with Gasteiger partial charge in [0.05, 0.1) is 12.0 Å². The van der Waals surface area contributed by atoms with Crippen molar-refractivity contribution in [2.75, 3.05) is 13.1 Å². The van der Waals surface area contributed by atoms with Crippen molar-refractivity contribution in [1.29, 1.82) is 0 Å². The molecular formula is C13H24N2O3. The summed E-state index contributed by atoms with van der Waals surface area (Å²) in [6.07, 6.45) is 2.66. The summed E-state index contributed by atoms with van der Waals surface area (Å²) in [6.45, 7) is 7.20. The van der Waals surface area contributed by atoms with Crippen molar-refractivity contribution in [3.63, 3.8) is 0 Å². The lowest BCUT2D eigenvalue weighted by atomic mass is 10.0. The molecule has 1 saturated heterocycles. The molecule has 3 unspecified atom stereocenters. The molecule has 1 rings (SSSR count). The second-order valence-corrected chi connectivity index (χ2v) is 5.03. The Kier molecular flexibility index (Phi) is 5.59. The topological polar surface area (TPSA) is 69.6 Å². The maximum Gasteiger partial charge on any atom is 0.308 e. The summed E-state index contributed by atoms with van der Waals surface area (Å²) in [5.74, 6) is -1.11. The van der Waals surface area contributed by atoms with Gasteiger partial charge in [0.25, 0.3) is 0 Å². The average molecular weight is 256 g/mol. The number of carboxylic acid groups (broad SMARTS) is 1. The molecule has 2 N–H and O–H groups in total. The van der Waals surface area contributed by atoms with Crippen molar-refractivity contribution in [2.24, 2.45) is 5.92 Å². The van der Waals surface area contributed by atoms with Gasteiger partial charge >= 0.3 is 5.97 Å². The maximum absolute atomic E-state index is 11.9. The van der Waals surface area contributed by atoms with Crippen LogP contribution in [0.15, 0.2) is 0 Å². The molecule has 5 nitrogen and oxygen atoms in total. The summed E-state index contributed by atoms with van der Waals surface area (Å²) in [5, 5.41) is 12.0. The SMILES string of the molecule is CCCCNC(=O)C(C)N1CCC(C(=O)O)C1C. The van der Waals surface area contributed by atoms with Crippen molar-refractivity contribution in [1.82, 2.24) is 10.2 Å². The zero-order valence-electron chi connectivity index (χ0n) is 11.5. The number of hydrogen-bond donors (Lipinski definition) is 2. The number of likely N-dealkylation sites (tertiary alicyclic amines) is 1. The van der Waals surface area contributed by atoms with E-state index in [4.69, 9.17) is 5.11 Å². The molecule has 1 aliphatic rings. The van der Waals surface area contributed by atoms with Crippen LogP contribution in [0.2, 0.25) is 0 Å². The van der Waals surface area contributed by atoms with Gasteiger partial charge in [-0.2, -0.15) is 0 Å². The largest absolute Gasteiger partial charge is 0.481 e. The Hall–Kier alpha value is -1.10. The van der Waals surface area contributed by atoms with E-state index >= 15 is 0 Å². The molecule has 3 atom stereocenters. The number of amides is 1. The monoisotopic (exact) mass is 256 g/mol. The van der Waals surface area contributed by atoms with Gasteiger partial charge in [-0.05, 0) is 26.7 Å². The van der Waals surface area contributed by atoms with E-state index in [1.54, 1.807) is 0 Å². The predicted octanol–water partition coefficient (Wildman–Crippen LogP) is 1.09. The van der Waals surface area contributed by atoms with Crippen molar-refractivity contribution in [3.05, 3.63) is 0 Å². The van der Waals surface area contributed by atoms with E-state index in [0.717, 1.165) is 12.8 Å². The van der Waals surface area contributed by atoms with Crippen LogP contribution in [0.5, 0.6) is 0 Å².